The van der Waals surface area contributed by atoms with Crippen molar-refractivity contribution in [1.82, 2.24) is 0 Å². The van der Waals surface area contributed by atoms with Gasteiger partial charge >= 0.3 is 5.97 Å². The van der Waals surface area contributed by atoms with Crippen molar-refractivity contribution in [2.24, 2.45) is 0 Å². The lowest BCUT2D eigenvalue weighted by Gasteiger charge is -2.16. The van der Waals surface area contributed by atoms with Crippen LogP contribution in [-0.2, 0) is 19.0 Å². The summed E-state index contributed by atoms with van der Waals surface area (Å²) in [6.07, 6.45) is 1.86. The minimum absolute atomic E-state index is 0.197. The van der Waals surface area contributed by atoms with Crippen molar-refractivity contribution in [1.29, 1.82) is 0 Å². The lowest BCUT2D eigenvalue weighted by molar-refractivity contribution is -0.153. The van der Waals surface area contributed by atoms with E-state index in [4.69, 9.17) is 14.2 Å². The summed E-state index contributed by atoms with van der Waals surface area (Å²) in [6.45, 7) is 2.68. The maximum Gasteiger partial charge on any atom is 0.306 e. The van der Waals surface area contributed by atoms with Crippen molar-refractivity contribution in [2.75, 3.05) is 13.2 Å². The van der Waals surface area contributed by atoms with Crippen molar-refractivity contribution in [3.05, 3.63) is 0 Å². The average molecular weight is 244 g/mol. The number of aliphatic hydroxyl groups excluding tert-OH is 1. The topological polar surface area (TPSA) is 65.0 Å². The Morgan fingerprint density at radius 2 is 2.06 bits per heavy atom. The second-order valence-corrected chi connectivity index (χ2v) is 4.65. The molecule has 5 nitrogen and oxygen atoms in total. The summed E-state index contributed by atoms with van der Waals surface area (Å²) in [6, 6.07) is 0. The third-order valence-corrected chi connectivity index (χ3v) is 3.25. The van der Waals surface area contributed by atoms with Crippen LogP contribution < -0.4 is 0 Å². The molecule has 2 aliphatic heterocycles. The third-order valence-electron chi connectivity index (χ3n) is 3.25. The average Bonchev–Trinajstić information content (AvgIpc) is 2.84. The summed E-state index contributed by atoms with van der Waals surface area (Å²) in [5.41, 5.74) is 0. The Morgan fingerprint density at radius 3 is 2.82 bits per heavy atom. The third kappa shape index (κ3) is 2.97. The van der Waals surface area contributed by atoms with Crippen molar-refractivity contribution >= 4 is 5.97 Å². The van der Waals surface area contributed by atoms with E-state index in [-0.39, 0.29) is 30.9 Å². The van der Waals surface area contributed by atoms with E-state index in [1.165, 1.54) is 0 Å². The molecule has 2 saturated heterocycles. The summed E-state index contributed by atoms with van der Waals surface area (Å²) < 4.78 is 16.1. The van der Waals surface area contributed by atoms with Gasteiger partial charge in [-0.25, -0.2) is 0 Å². The highest BCUT2D eigenvalue weighted by Gasteiger charge is 2.48. The number of hydrogen-bond donors (Lipinski definition) is 1. The Kier molecular flexibility index (Phi) is 4.36. The van der Waals surface area contributed by atoms with Gasteiger partial charge in [-0.1, -0.05) is 19.8 Å². The number of unbranched alkanes of at least 4 members (excludes halogenated alkanes) is 2. The smallest absolute Gasteiger partial charge is 0.306 e. The molecule has 0 aromatic rings. The van der Waals surface area contributed by atoms with Crippen LogP contribution in [-0.4, -0.2) is 48.7 Å². The van der Waals surface area contributed by atoms with Gasteiger partial charge in [0.1, 0.15) is 18.3 Å². The summed E-state index contributed by atoms with van der Waals surface area (Å²) >= 11 is 0. The molecule has 0 spiro atoms. The van der Waals surface area contributed by atoms with Crippen LogP contribution in [0.3, 0.4) is 0 Å². The predicted molar refractivity (Wildman–Crippen MR) is 59.5 cm³/mol. The van der Waals surface area contributed by atoms with Gasteiger partial charge in [0.2, 0.25) is 0 Å². The number of carbonyl (C=O) groups is 1. The number of ether oxygens (including phenoxy) is 3. The summed E-state index contributed by atoms with van der Waals surface area (Å²) in [5, 5.41) is 9.53. The van der Waals surface area contributed by atoms with Gasteiger partial charge in [0.15, 0.2) is 6.10 Å². The maximum atomic E-state index is 11.5. The van der Waals surface area contributed by atoms with Gasteiger partial charge < -0.3 is 19.3 Å². The molecule has 2 rings (SSSR count). The second-order valence-electron chi connectivity index (χ2n) is 4.65. The van der Waals surface area contributed by atoms with E-state index in [9.17, 15) is 9.90 Å². The van der Waals surface area contributed by atoms with Crippen LogP contribution in [0.5, 0.6) is 0 Å². The summed E-state index contributed by atoms with van der Waals surface area (Å²) in [4.78, 5) is 11.5. The number of esters is 1. The number of carbonyl (C=O) groups excluding carboxylic acids is 1. The highest BCUT2D eigenvalue weighted by atomic mass is 16.6. The molecule has 2 aliphatic rings. The Morgan fingerprint density at radius 1 is 1.29 bits per heavy atom. The van der Waals surface area contributed by atoms with Crippen molar-refractivity contribution in [3.8, 4) is 0 Å². The first-order valence-electron chi connectivity index (χ1n) is 6.33. The zero-order valence-corrected chi connectivity index (χ0v) is 10.1. The first-order valence-corrected chi connectivity index (χ1v) is 6.33. The maximum absolute atomic E-state index is 11.5. The van der Waals surface area contributed by atoms with Gasteiger partial charge in [-0.05, 0) is 6.42 Å². The Bertz CT molecular complexity index is 268. The highest BCUT2D eigenvalue weighted by Crippen LogP contribution is 2.29. The van der Waals surface area contributed by atoms with E-state index in [0.717, 1.165) is 19.3 Å². The predicted octanol–water partition coefficient (Wildman–Crippen LogP) is 0.637. The molecule has 4 atom stereocenters. The largest absolute Gasteiger partial charge is 0.457 e. The van der Waals surface area contributed by atoms with E-state index in [1.54, 1.807) is 0 Å². The Labute approximate surface area is 101 Å². The molecule has 5 heteroatoms. The highest BCUT2D eigenvalue weighted by molar-refractivity contribution is 5.69. The molecule has 17 heavy (non-hydrogen) atoms. The standard InChI is InChI=1S/C12H20O5/c1-2-3-4-5-10(14)17-9-7-16-11-8(13)6-15-12(9)11/h8-9,11-13H,2-7H2,1H3/t8?,9?,11-,12-/m1/s1. The van der Waals surface area contributed by atoms with Crippen LogP contribution in [0.15, 0.2) is 0 Å². The quantitative estimate of drug-likeness (QED) is 0.568. The van der Waals surface area contributed by atoms with E-state index >= 15 is 0 Å². The molecule has 0 aromatic heterocycles. The number of fused-ring (bicyclic) bond motifs is 1. The molecule has 2 heterocycles. The van der Waals surface area contributed by atoms with Gasteiger partial charge in [-0.15, -0.1) is 0 Å². The Hall–Kier alpha value is -0.650. The lowest BCUT2D eigenvalue weighted by Crippen LogP contribution is -2.34. The molecule has 0 aromatic carbocycles. The first kappa shape index (κ1) is 12.8. The van der Waals surface area contributed by atoms with Crippen LogP contribution in [0.2, 0.25) is 0 Å². The van der Waals surface area contributed by atoms with E-state index < -0.39 is 6.10 Å². The molecular formula is C12H20O5. The van der Waals surface area contributed by atoms with Crippen LogP contribution in [0.4, 0.5) is 0 Å². The minimum Gasteiger partial charge on any atom is -0.457 e. The van der Waals surface area contributed by atoms with E-state index in [1.807, 2.05) is 0 Å². The van der Waals surface area contributed by atoms with E-state index in [2.05, 4.69) is 6.92 Å². The molecule has 2 fully saturated rings. The fourth-order valence-electron chi connectivity index (χ4n) is 2.29. The molecule has 0 bridgehead atoms. The summed E-state index contributed by atoms with van der Waals surface area (Å²) in [7, 11) is 0. The SMILES string of the molecule is CCCCCC(=O)OC1CO[C@@H]2C(O)CO[C@H]12. The molecule has 98 valence electrons. The van der Waals surface area contributed by atoms with Crippen molar-refractivity contribution in [2.45, 2.75) is 57.0 Å². The fraction of sp³-hybridized carbons (Fsp3) is 0.917. The van der Waals surface area contributed by atoms with E-state index in [0.29, 0.717) is 13.0 Å². The number of hydrogen-bond acceptors (Lipinski definition) is 5. The number of aliphatic hydroxyl groups is 1. The Balaban J connectivity index is 1.74. The second kappa shape index (κ2) is 5.80. The molecule has 0 amide bonds. The van der Waals surface area contributed by atoms with Crippen LogP contribution in [0.25, 0.3) is 0 Å². The normalized spacial score (nSPS) is 35.9. The molecule has 0 aliphatic carbocycles. The lowest BCUT2D eigenvalue weighted by atomic mass is 10.1. The zero-order chi connectivity index (χ0) is 12.3. The van der Waals surface area contributed by atoms with Gasteiger partial charge in [0.05, 0.1) is 13.2 Å². The van der Waals surface area contributed by atoms with Crippen molar-refractivity contribution in [3.63, 3.8) is 0 Å². The van der Waals surface area contributed by atoms with Crippen molar-refractivity contribution < 1.29 is 24.1 Å². The van der Waals surface area contributed by atoms with Gasteiger partial charge in [0, 0.05) is 6.42 Å². The summed E-state index contributed by atoms with van der Waals surface area (Å²) in [5.74, 6) is -0.197. The zero-order valence-electron chi connectivity index (χ0n) is 10.1. The molecule has 0 radical (unpaired) electrons. The van der Waals surface area contributed by atoms with Crippen LogP contribution in [0, 0.1) is 0 Å². The van der Waals surface area contributed by atoms with Crippen LogP contribution >= 0.6 is 0 Å². The first-order chi connectivity index (χ1) is 8.22. The molecular weight excluding hydrogens is 224 g/mol. The molecule has 2 unspecified atom stereocenters. The van der Waals surface area contributed by atoms with Gasteiger partial charge in [0.25, 0.3) is 0 Å². The molecule has 0 saturated carbocycles. The van der Waals surface area contributed by atoms with Crippen LogP contribution in [0.1, 0.15) is 32.6 Å². The van der Waals surface area contributed by atoms with Gasteiger partial charge in [-0.3, -0.25) is 4.79 Å². The van der Waals surface area contributed by atoms with Gasteiger partial charge in [-0.2, -0.15) is 0 Å². The fourth-order valence-corrected chi connectivity index (χ4v) is 2.29. The monoisotopic (exact) mass is 244 g/mol. The molecule has 1 N–H and O–H groups in total. The minimum atomic E-state index is -0.594. The number of rotatable bonds is 5.